The molecule has 1 amide bonds. The van der Waals surface area contributed by atoms with Crippen LogP contribution in [0.2, 0.25) is 0 Å². The van der Waals surface area contributed by atoms with Crippen molar-refractivity contribution in [3.8, 4) is 0 Å². The quantitative estimate of drug-likeness (QED) is 0.601. The number of halogens is 2. The summed E-state index contributed by atoms with van der Waals surface area (Å²) in [5.74, 6) is -1.17. The van der Waals surface area contributed by atoms with Crippen molar-refractivity contribution < 1.29 is 14.7 Å². The third-order valence-electron chi connectivity index (χ3n) is 2.51. The lowest BCUT2D eigenvalue weighted by molar-refractivity contribution is -0.139. The van der Waals surface area contributed by atoms with Gasteiger partial charge in [0.2, 0.25) is 5.91 Å². The van der Waals surface area contributed by atoms with Crippen LogP contribution in [-0.2, 0) is 9.59 Å². The van der Waals surface area contributed by atoms with E-state index < -0.39 is 12.0 Å². The Hall–Kier alpha value is -0.860. The van der Waals surface area contributed by atoms with Crippen LogP contribution in [0.3, 0.4) is 0 Å². The van der Waals surface area contributed by atoms with Gasteiger partial charge < -0.3 is 10.4 Å². The third-order valence-corrected chi connectivity index (χ3v) is 3.23. The number of anilines is 1. The van der Waals surface area contributed by atoms with Gasteiger partial charge in [0, 0.05) is 9.26 Å². The number of carboxylic acids is 1. The summed E-state index contributed by atoms with van der Waals surface area (Å²) in [5, 5.41) is 14.4. The van der Waals surface area contributed by atoms with Crippen LogP contribution in [0.1, 0.15) is 19.8 Å². The van der Waals surface area contributed by atoms with Crippen LogP contribution in [0.15, 0.2) is 24.3 Å². The lowest BCUT2D eigenvalue weighted by Gasteiger charge is -2.13. The van der Waals surface area contributed by atoms with E-state index in [2.05, 4.69) is 33.2 Å². The maximum atomic E-state index is 11.7. The van der Waals surface area contributed by atoms with Gasteiger partial charge in [-0.15, -0.1) is 12.4 Å². The highest BCUT2D eigenvalue weighted by atomic mass is 127. The first-order valence-corrected chi connectivity index (χ1v) is 7.12. The fraction of sp³-hybridized carbons (Fsp3) is 0.385. The Labute approximate surface area is 138 Å². The molecule has 0 spiro atoms. The fourth-order valence-electron chi connectivity index (χ4n) is 1.56. The summed E-state index contributed by atoms with van der Waals surface area (Å²) in [5.41, 5.74) is 0.703. The second kappa shape index (κ2) is 9.95. The standard InChI is InChI=1S/C13H17IN2O3.ClH/c1-2-3-11(13(18)19)15-8-12(17)16-10-6-4-9(14)5-7-10;/h4-7,11,15H,2-3,8H2,1H3,(H,16,17)(H,18,19);1H. The molecule has 0 bridgehead atoms. The average Bonchev–Trinajstić information content (AvgIpc) is 2.37. The Balaban J connectivity index is 0.00000361. The van der Waals surface area contributed by atoms with E-state index in [0.717, 1.165) is 9.99 Å². The molecule has 0 heterocycles. The molecule has 20 heavy (non-hydrogen) atoms. The number of hydrogen-bond acceptors (Lipinski definition) is 3. The molecule has 1 aromatic carbocycles. The van der Waals surface area contributed by atoms with Crippen LogP contribution < -0.4 is 10.6 Å². The predicted octanol–water partition coefficient (Wildman–Crippen LogP) is 2.49. The SMILES string of the molecule is CCCC(NCC(=O)Nc1ccc(I)cc1)C(=O)O.Cl. The third kappa shape index (κ3) is 7.06. The maximum absolute atomic E-state index is 11.7. The molecule has 0 aliphatic heterocycles. The number of carboxylic acid groups (broad SMARTS) is 1. The van der Waals surface area contributed by atoms with E-state index in [1.54, 1.807) is 12.1 Å². The number of hydrogen-bond donors (Lipinski definition) is 3. The summed E-state index contributed by atoms with van der Waals surface area (Å²) in [7, 11) is 0. The number of nitrogens with one attached hydrogen (secondary N) is 2. The molecule has 0 radical (unpaired) electrons. The van der Waals surface area contributed by atoms with Crippen molar-refractivity contribution in [2.75, 3.05) is 11.9 Å². The summed E-state index contributed by atoms with van der Waals surface area (Å²) in [6, 6.07) is 6.72. The first-order valence-electron chi connectivity index (χ1n) is 6.04. The zero-order chi connectivity index (χ0) is 14.3. The zero-order valence-electron chi connectivity index (χ0n) is 11.1. The topological polar surface area (TPSA) is 78.4 Å². The molecule has 5 nitrogen and oxygen atoms in total. The van der Waals surface area contributed by atoms with E-state index in [0.29, 0.717) is 12.1 Å². The van der Waals surface area contributed by atoms with Crippen molar-refractivity contribution in [3.63, 3.8) is 0 Å². The molecule has 0 saturated carbocycles. The lowest BCUT2D eigenvalue weighted by atomic mass is 10.2. The van der Waals surface area contributed by atoms with Gasteiger partial charge >= 0.3 is 5.97 Å². The molecule has 1 unspecified atom stereocenters. The Morgan fingerprint density at radius 2 is 1.90 bits per heavy atom. The van der Waals surface area contributed by atoms with Crippen LogP contribution in [0, 0.1) is 3.57 Å². The van der Waals surface area contributed by atoms with Gasteiger partial charge in [0.25, 0.3) is 0 Å². The molecule has 7 heteroatoms. The summed E-state index contributed by atoms with van der Waals surface area (Å²) < 4.78 is 1.09. The Morgan fingerprint density at radius 1 is 1.30 bits per heavy atom. The molecule has 1 rings (SSSR count). The van der Waals surface area contributed by atoms with Crippen molar-refractivity contribution in [2.24, 2.45) is 0 Å². The molecule has 0 aliphatic rings. The van der Waals surface area contributed by atoms with Gasteiger partial charge in [-0.2, -0.15) is 0 Å². The minimum atomic E-state index is -0.927. The van der Waals surface area contributed by atoms with E-state index >= 15 is 0 Å². The number of amides is 1. The second-order valence-electron chi connectivity index (χ2n) is 4.12. The number of benzene rings is 1. The normalized spacial score (nSPS) is 11.3. The Morgan fingerprint density at radius 3 is 2.40 bits per heavy atom. The number of aliphatic carboxylic acids is 1. The molecular formula is C13H18ClIN2O3. The molecule has 0 fully saturated rings. The van der Waals surface area contributed by atoms with E-state index in [1.807, 2.05) is 19.1 Å². The van der Waals surface area contributed by atoms with Crippen molar-refractivity contribution in [1.29, 1.82) is 0 Å². The van der Waals surface area contributed by atoms with E-state index in [4.69, 9.17) is 5.11 Å². The fourth-order valence-corrected chi connectivity index (χ4v) is 1.92. The van der Waals surface area contributed by atoms with Crippen LogP contribution in [0.4, 0.5) is 5.69 Å². The first-order chi connectivity index (χ1) is 9.02. The van der Waals surface area contributed by atoms with E-state index in [9.17, 15) is 9.59 Å². The van der Waals surface area contributed by atoms with E-state index in [-0.39, 0.29) is 24.9 Å². The molecule has 112 valence electrons. The summed E-state index contributed by atoms with van der Waals surface area (Å²) in [4.78, 5) is 22.6. The number of rotatable bonds is 7. The Kier molecular flexibility index (Phi) is 9.52. The maximum Gasteiger partial charge on any atom is 0.320 e. The first kappa shape index (κ1) is 19.1. The van der Waals surface area contributed by atoms with Crippen molar-refractivity contribution in [2.45, 2.75) is 25.8 Å². The highest BCUT2D eigenvalue weighted by Gasteiger charge is 2.16. The van der Waals surface area contributed by atoms with Crippen LogP contribution >= 0.6 is 35.0 Å². The van der Waals surface area contributed by atoms with Crippen LogP contribution in [0.25, 0.3) is 0 Å². The smallest absolute Gasteiger partial charge is 0.320 e. The van der Waals surface area contributed by atoms with Gasteiger partial charge in [0.1, 0.15) is 6.04 Å². The summed E-state index contributed by atoms with van der Waals surface area (Å²) in [6.45, 7) is 1.90. The van der Waals surface area contributed by atoms with Gasteiger partial charge in [-0.3, -0.25) is 14.9 Å². The number of carbonyl (C=O) groups excluding carboxylic acids is 1. The lowest BCUT2D eigenvalue weighted by Crippen LogP contribution is -2.41. The molecule has 1 aromatic rings. The predicted molar refractivity (Wildman–Crippen MR) is 89.4 cm³/mol. The van der Waals surface area contributed by atoms with Gasteiger partial charge in [-0.05, 0) is 53.3 Å². The molecular weight excluding hydrogens is 395 g/mol. The monoisotopic (exact) mass is 412 g/mol. The summed E-state index contributed by atoms with van der Waals surface area (Å²) in [6.07, 6.45) is 1.26. The molecule has 0 aliphatic carbocycles. The van der Waals surface area contributed by atoms with Gasteiger partial charge in [0.15, 0.2) is 0 Å². The van der Waals surface area contributed by atoms with Crippen LogP contribution in [-0.4, -0.2) is 29.6 Å². The van der Waals surface area contributed by atoms with Gasteiger partial charge in [-0.1, -0.05) is 13.3 Å². The average molecular weight is 413 g/mol. The minimum Gasteiger partial charge on any atom is -0.480 e. The minimum absolute atomic E-state index is 0. The Bertz CT molecular complexity index is 440. The second-order valence-corrected chi connectivity index (χ2v) is 5.36. The molecule has 0 aromatic heterocycles. The highest BCUT2D eigenvalue weighted by molar-refractivity contribution is 14.1. The van der Waals surface area contributed by atoms with Crippen molar-refractivity contribution in [3.05, 3.63) is 27.8 Å². The van der Waals surface area contributed by atoms with Crippen molar-refractivity contribution >= 4 is 52.6 Å². The van der Waals surface area contributed by atoms with Crippen molar-refractivity contribution in [1.82, 2.24) is 5.32 Å². The van der Waals surface area contributed by atoms with Crippen LogP contribution in [0.5, 0.6) is 0 Å². The summed E-state index contributed by atoms with van der Waals surface area (Å²) >= 11 is 2.18. The van der Waals surface area contributed by atoms with E-state index in [1.165, 1.54) is 0 Å². The highest BCUT2D eigenvalue weighted by Crippen LogP contribution is 2.10. The molecule has 3 N–H and O–H groups in total. The largest absolute Gasteiger partial charge is 0.480 e. The number of carbonyl (C=O) groups is 2. The molecule has 1 atom stereocenters. The van der Waals surface area contributed by atoms with Gasteiger partial charge in [0.05, 0.1) is 6.54 Å². The van der Waals surface area contributed by atoms with Gasteiger partial charge in [-0.25, -0.2) is 0 Å². The molecule has 0 saturated heterocycles. The zero-order valence-corrected chi connectivity index (χ0v) is 14.0.